The van der Waals surface area contributed by atoms with Gasteiger partial charge in [0.05, 0.1) is 17.3 Å². The van der Waals surface area contributed by atoms with E-state index in [0.29, 0.717) is 6.04 Å². The Morgan fingerprint density at radius 1 is 1.44 bits per heavy atom. The van der Waals surface area contributed by atoms with E-state index in [1.54, 1.807) is 11.3 Å². The van der Waals surface area contributed by atoms with Crippen molar-refractivity contribution in [3.05, 3.63) is 16.1 Å². The van der Waals surface area contributed by atoms with E-state index < -0.39 is 0 Å². The zero-order chi connectivity index (χ0) is 12.0. The smallest absolute Gasteiger partial charge is 0.0897 e. The van der Waals surface area contributed by atoms with E-state index in [4.69, 9.17) is 5.11 Å². The van der Waals surface area contributed by atoms with Crippen LogP contribution in [0.15, 0.2) is 5.38 Å². The highest BCUT2D eigenvalue weighted by molar-refractivity contribution is 7.09. The van der Waals surface area contributed by atoms with E-state index in [0.717, 1.165) is 36.6 Å². The van der Waals surface area contributed by atoms with Crippen LogP contribution in [0.1, 0.15) is 37.4 Å². The molecule has 1 aromatic heterocycles. The summed E-state index contributed by atoms with van der Waals surface area (Å²) in [5.41, 5.74) is 1.13. The molecule has 0 saturated heterocycles. The van der Waals surface area contributed by atoms with E-state index in [9.17, 15) is 0 Å². The van der Waals surface area contributed by atoms with Crippen LogP contribution in [0.4, 0.5) is 0 Å². The first kappa shape index (κ1) is 13.6. The van der Waals surface area contributed by atoms with Gasteiger partial charge in [0.25, 0.3) is 0 Å². The number of hydrogen-bond acceptors (Lipinski definition) is 4. The highest BCUT2D eigenvalue weighted by Gasteiger charge is 2.15. The fourth-order valence-electron chi connectivity index (χ4n) is 2.01. The van der Waals surface area contributed by atoms with Crippen LogP contribution in [0.3, 0.4) is 0 Å². The monoisotopic (exact) mass is 242 g/mol. The van der Waals surface area contributed by atoms with Gasteiger partial charge in [-0.25, -0.2) is 4.98 Å². The lowest BCUT2D eigenvalue weighted by Crippen LogP contribution is -2.36. The molecule has 0 bridgehead atoms. The van der Waals surface area contributed by atoms with Crippen LogP contribution >= 0.6 is 11.3 Å². The minimum atomic E-state index is 0.222. The summed E-state index contributed by atoms with van der Waals surface area (Å²) in [5, 5.41) is 12.3. The van der Waals surface area contributed by atoms with Crippen molar-refractivity contribution in [2.45, 2.75) is 46.2 Å². The lowest BCUT2D eigenvalue weighted by Gasteiger charge is -2.29. The summed E-state index contributed by atoms with van der Waals surface area (Å²) in [6, 6.07) is 0.550. The molecule has 0 aliphatic carbocycles. The number of rotatable bonds is 7. The predicted molar refractivity (Wildman–Crippen MR) is 68.7 cm³/mol. The highest BCUT2D eigenvalue weighted by Crippen LogP contribution is 2.15. The van der Waals surface area contributed by atoms with Gasteiger partial charge in [0, 0.05) is 24.5 Å². The SMILES string of the molecule is CCC(CC)N(CCO)Cc1csc(C)n1. The maximum Gasteiger partial charge on any atom is 0.0897 e. The van der Waals surface area contributed by atoms with Gasteiger partial charge in [-0.05, 0) is 19.8 Å². The highest BCUT2D eigenvalue weighted by atomic mass is 32.1. The first-order valence-corrected chi connectivity index (χ1v) is 6.85. The van der Waals surface area contributed by atoms with Crippen LogP contribution in [0, 0.1) is 6.92 Å². The first-order chi connectivity index (χ1) is 7.71. The average molecular weight is 242 g/mol. The molecule has 92 valence electrons. The summed E-state index contributed by atoms with van der Waals surface area (Å²) in [6.07, 6.45) is 2.25. The molecule has 0 saturated carbocycles. The van der Waals surface area contributed by atoms with E-state index in [1.165, 1.54) is 0 Å². The molecule has 1 N–H and O–H groups in total. The largest absolute Gasteiger partial charge is 0.395 e. The number of thiazole rings is 1. The Bertz CT molecular complexity index is 297. The molecule has 0 radical (unpaired) electrons. The molecule has 1 heterocycles. The van der Waals surface area contributed by atoms with Crippen molar-refractivity contribution in [3.8, 4) is 0 Å². The molecule has 0 aromatic carbocycles. The Hall–Kier alpha value is -0.450. The summed E-state index contributed by atoms with van der Waals surface area (Å²) >= 11 is 1.69. The molecule has 4 heteroatoms. The first-order valence-electron chi connectivity index (χ1n) is 5.97. The predicted octanol–water partition coefficient (Wildman–Crippen LogP) is 2.43. The number of aryl methyl sites for hydroxylation is 1. The van der Waals surface area contributed by atoms with Crippen LogP contribution in [-0.2, 0) is 6.54 Å². The normalized spacial score (nSPS) is 11.6. The Balaban J connectivity index is 2.63. The van der Waals surface area contributed by atoms with E-state index in [2.05, 4.69) is 29.1 Å². The Morgan fingerprint density at radius 3 is 2.56 bits per heavy atom. The molecule has 1 aromatic rings. The van der Waals surface area contributed by atoms with Crippen molar-refractivity contribution >= 4 is 11.3 Å². The van der Waals surface area contributed by atoms with Gasteiger partial charge in [0.2, 0.25) is 0 Å². The van der Waals surface area contributed by atoms with E-state index in [1.807, 2.05) is 6.92 Å². The van der Waals surface area contributed by atoms with Gasteiger partial charge < -0.3 is 5.11 Å². The van der Waals surface area contributed by atoms with Crippen LogP contribution in [0.2, 0.25) is 0 Å². The standard InChI is InChI=1S/C12H22N2OS/c1-4-12(5-2)14(6-7-15)8-11-9-16-10(3)13-11/h9,12,15H,4-8H2,1-3H3. The molecule has 0 atom stereocenters. The van der Waals surface area contributed by atoms with E-state index in [-0.39, 0.29) is 6.61 Å². The summed E-state index contributed by atoms with van der Waals surface area (Å²) in [4.78, 5) is 6.81. The topological polar surface area (TPSA) is 36.4 Å². The summed E-state index contributed by atoms with van der Waals surface area (Å²) in [7, 11) is 0. The van der Waals surface area contributed by atoms with Crippen molar-refractivity contribution in [1.82, 2.24) is 9.88 Å². The zero-order valence-corrected chi connectivity index (χ0v) is 11.3. The molecule has 0 unspecified atom stereocenters. The Labute approximate surface area is 102 Å². The molecule has 0 aliphatic rings. The Kier molecular flexibility index (Phi) is 5.95. The number of aliphatic hydroxyl groups excluding tert-OH is 1. The molecule has 1 rings (SSSR count). The third-order valence-electron chi connectivity index (χ3n) is 2.88. The van der Waals surface area contributed by atoms with Crippen molar-refractivity contribution in [2.75, 3.05) is 13.2 Å². The van der Waals surface area contributed by atoms with Gasteiger partial charge in [0.15, 0.2) is 0 Å². The Morgan fingerprint density at radius 2 is 2.12 bits per heavy atom. The fourth-order valence-corrected chi connectivity index (χ4v) is 2.62. The quantitative estimate of drug-likeness (QED) is 0.798. The van der Waals surface area contributed by atoms with Gasteiger partial charge >= 0.3 is 0 Å². The van der Waals surface area contributed by atoms with Crippen LogP contribution in [0.5, 0.6) is 0 Å². The number of nitrogens with zero attached hydrogens (tertiary/aromatic N) is 2. The molecule has 3 nitrogen and oxygen atoms in total. The molecular weight excluding hydrogens is 220 g/mol. The van der Waals surface area contributed by atoms with Gasteiger partial charge in [-0.1, -0.05) is 13.8 Å². The lowest BCUT2D eigenvalue weighted by molar-refractivity contribution is 0.135. The fraction of sp³-hybridized carbons (Fsp3) is 0.750. The third-order valence-corrected chi connectivity index (χ3v) is 3.70. The van der Waals surface area contributed by atoms with Crippen LogP contribution in [-0.4, -0.2) is 34.2 Å². The van der Waals surface area contributed by atoms with Crippen molar-refractivity contribution in [2.24, 2.45) is 0 Å². The third kappa shape index (κ3) is 3.85. The maximum atomic E-state index is 9.10. The van der Waals surface area contributed by atoms with Crippen LogP contribution < -0.4 is 0 Å². The molecule has 0 aliphatic heterocycles. The number of hydrogen-bond donors (Lipinski definition) is 1. The zero-order valence-electron chi connectivity index (χ0n) is 10.4. The molecule has 0 amide bonds. The van der Waals surface area contributed by atoms with E-state index >= 15 is 0 Å². The van der Waals surface area contributed by atoms with Gasteiger partial charge in [-0.3, -0.25) is 4.90 Å². The second-order valence-electron chi connectivity index (χ2n) is 4.02. The van der Waals surface area contributed by atoms with Crippen molar-refractivity contribution < 1.29 is 5.11 Å². The molecule has 16 heavy (non-hydrogen) atoms. The minimum absolute atomic E-state index is 0.222. The summed E-state index contributed by atoms with van der Waals surface area (Å²) in [6.45, 7) is 8.25. The van der Waals surface area contributed by atoms with Gasteiger partial charge in [0.1, 0.15) is 0 Å². The molecular formula is C12H22N2OS. The maximum absolute atomic E-state index is 9.10. The lowest BCUT2D eigenvalue weighted by atomic mass is 10.1. The van der Waals surface area contributed by atoms with Crippen molar-refractivity contribution in [1.29, 1.82) is 0 Å². The summed E-state index contributed by atoms with van der Waals surface area (Å²) in [5.74, 6) is 0. The number of aliphatic hydroxyl groups is 1. The van der Waals surface area contributed by atoms with Gasteiger partial charge in [-0.2, -0.15) is 0 Å². The minimum Gasteiger partial charge on any atom is -0.395 e. The van der Waals surface area contributed by atoms with Crippen LogP contribution in [0.25, 0.3) is 0 Å². The second kappa shape index (κ2) is 6.99. The van der Waals surface area contributed by atoms with Crippen molar-refractivity contribution in [3.63, 3.8) is 0 Å². The van der Waals surface area contributed by atoms with Gasteiger partial charge in [-0.15, -0.1) is 11.3 Å². The summed E-state index contributed by atoms with van der Waals surface area (Å²) < 4.78 is 0. The molecule has 0 spiro atoms. The molecule has 0 fully saturated rings. The number of aromatic nitrogens is 1. The second-order valence-corrected chi connectivity index (χ2v) is 5.08. The average Bonchev–Trinajstić information content (AvgIpc) is 2.66.